The van der Waals surface area contributed by atoms with Crippen LogP contribution in [0.1, 0.15) is 24.9 Å². The number of fused-ring (bicyclic) bond motifs is 2. The first-order chi connectivity index (χ1) is 16.2. The molecular weight excluding hydrogens is 452 g/mol. The minimum atomic E-state index is -4.48. The second-order valence-electron chi connectivity index (χ2n) is 8.31. The quantitative estimate of drug-likeness (QED) is 0.439. The molecule has 34 heavy (non-hydrogen) atoms. The number of halogens is 4. The molecule has 5 rings (SSSR count). The lowest BCUT2D eigenvalue weighted by molar-refractivity contribution is -0.183. The van der Waals surface area contributed by atoms with Gasteiger partial charge in [0.05, 0.1) is 12.1 Å². The fourth-order valence-corrected chi connectivity index (χ4v) is 4.42. The van der Waals surface area contributed by atoms with E-state index in [1.807, 2.05) is 0 Å². The van der Waals surface area contributed by atoms with Crippen LogP contribution in [0.3, 0.4) is 0 Å². The summed E-state index contributed by atoms with van der Waals surface area (Å²) in [6.07, 6.45) is -2.57. The number of alkyl halides is 3. The van der Waals surface area contributed by atoms with Crippen LogP contribution in [0, 0.1) is 5.82 Å². The van der Waals surface area contributed by atoms with Crippen LogP contribution in [0.25, 0.3) is 28.1 Å². The minimum Gasteiger partial charge on any atom is -0.491 e. The first kappa shape index (κ1) is 22.5. The highest BCUT2D eigenvalue weighted by Crippen LogP contribution is 2.39. The molecule has 0 radical (unpaired) electrons. The highest BCUT2D eigenvalue weighted by Gasteiger charge is 2.46. The standard InChI is InChI=1S/C23H22F4N6O/c1-2-34-19-10-18-13(9-16(19)24)3-5-17(29-18)22-31-30-20-6-4-14(11-33(20)22)21(23(25,26)27)32-8-7-15(28)12-32/h3-6,9-11,15,21H,2,7-8,12,28H2,1H3/t15-,21+/m1/s1. The Morgan fingerprint density at radius 3 is 2.71 bits per heavy atom. The van der Waals surface area contributed by atoms with E-state index in [-0.39, 0.29) is 36.3 Å². The molecule has 2 atom stereocenters. The van der Waals surface area contributed by atoms with E-state index in [9.17, 15) is 17.6 Å². The number of nitrogens with two attached hydrogens (primary N) is 1. The maximum Gasteiger partial charge on any atom is 0.408 e. The van der Waals surface area contributed by atoms with Crippen molar-refractivity contribution in [3.63, 3.8) is 0 Å². The first-order valence-corrected chi connectivity index (χ1v) is 10.9. The Labute approximate surface area is 192 Å². The van der Waals surface area contributed by atoms with Crippen LogP contribution >= 0.6 is 0 Å². The van der Waals surface area contributed by atoms with Crippen LogP contribution in [0.4, 0.5) is 17.6 Å². The zero-order valence-corrected chi connectivity index (χ0v) is 18.3. The maximum atomic E-state index is 14.2. The van der Waals surface area contributed by atoms with Crippen LogP contribution in [-0.2, 0) is 0 Å². The van der Waals surface area contributed by atoms with Crippen molar-refractivity contribution >= 4 is 16.6 Å². The number of benzene rings is 1. The number of aromatic nitrogens is 4. The van der Waals surface area contributed by atoms with E-state index < -0.39 is 18.0 Å². The molecular formula is C23H22F4N6O. The van der Waals surface area contributed by atoms with E-state index in [0.29, 0.717) is 35.3 Å². The van der Waals surface area contributed by atoms with Crippen molar-refractivity contribution in [1.82, 2.24) is 24.5 Å². The molecule has 0 aliphatic carbocycles. The molecule has 1 aliphatic rings. The summed E-state index contributed by atoms with van der Waals surface area (Å²) in [5.74, 6) is -0.147. The van der Waals surface area contributed by atoms with Crippen molar-refractivity contribution in [2.75, 3.05) is 19.7 Å². The molecule has 1 saturated heterocycles. The predicted molar refractivity (Wildman–Crippen MR) is 118 cm³/mol. The summed E-state index contributed by atoms with van der Waals surface area (Å²) in [5, 5.41) is 8.79. The minimum absolute atomic E-state index is 0.0663. The molecule has 11 heteroatoms. The lowest BCUT2D eigenvalue weighted by Gasteiger charge is -2.30. The van der Waals surface area contributed by atoms with E-state index in [1.165, 1.54) is 39.8 Å². The van der Waals surface area contributed by atoms with Gasteiger partial charge in [-0.3, -0.25) is 9.30 Å². The van der Waals surface area contributed by atoms with Crippen molar-refractivity contribution in [3.05, 3.63) is 54.0 Å². The Balaban J connectivity index is 1.59. The van der Waals surface area contributed by atoms with E-state index in [2.05, 4.69) is 15.2 Å². The molecule has 0 saturated carbocycles. The van der Waals surface area contributed by atoms with E-state index in [1.54, 1.807) is 19.1 Å². The fourth-order valence-electron chi connectivity index (χ4n) is 4.42. The van der Waals surface area contributed by atoms with Gasteiger partial charge in [-0.2, -0.15) is 13.2 Å². The third-order valence-corrected chi connectivity index (χ3v) is 5.94. The summed E-state index contributed by atoms with van der Waals surface area (Å²) < 4.78 is 63.2. The number of nitrogens with zero attached hydrogens (tertiary/aromatic N) is 5. The van der Waals surface area contributed by atoms with Gasteiger partial charge in [-0.05, 0) is 37.1 Å². The molecule has 0 spiro atoms. The smallest absolute Gasteiger partial charge is 0.408 e. The summed E-state index contributed by atoms with van der Waals surface area (Å²) in [7, 11) is 0. The number of hydrogen-bond acceptors (Lipinski definition) is 6. The van der Waals surface area contributed by atoms with Gasteiger partial charge in [-0.1, -0.05) is 12.1 Å². The number of hydrogen-bond donors (Lipinski definition) is 1. The van der Waals surface area contributed by atoms with Crippen LogP contribution in [0.2, 0.25) is 0 Å². The summed E-state index contributed by atoms with van der Waals surface area (Å²) in [5.41, 5.74) is 7.17. The maximum absolute atomic E-state index is 14.2. The van der Waals surface area contributed by atoms with Gasteiger partial charge in [0.1, 0.15) is 11.7 Å². The lowest BCUT2D eigenvalue weighted by Crippen LogP contribution is -2.38. The largest absolute Gasteiger partial charge is 0.491 e. The molecule has 4 heterocycles. The van der Waals surface area contributed by atoms with Crippen molar-refractivity contribution < 1.29 is 22.3 Å². The van der Waals surface area contributed by atoms with Crippen molar-refractivity contribution in [2.45, 2.75) is 31.6 Å². The molecule has 4 aromatic rings. The molecule has 0 unspecified atom stereocenters. The first-order valence-electron chi connectivity index (χ1n) is 10.9. The van der Waals surface area contributed by atoms with Crippen molar-refractivity contribution in [3.8, 4) is 17.3 Å². The summed E-state index contributed by atoms with van der Waals surface area (Å²) in [6.45, 7) is 2.48. The fraction of sp³-hybridized carbons (Fsp3) is 0.348. The summed E-state index contributed by atoms with van der Waals surface area (Å²) >= 11 is 0. The van der Waals surface area contributed by atoms with Gasteiger partial charge < -0.3 is 10.5 Å². The molecule has 3 aromatic heterocycles. The second kappa shape index (κ2) is 8.48. The normalized spacial score (nSPS) is 18.1. The second-order valence-corrected chi connectivity index (χ2v) is 8.31. The molecule has 7 nitrogen and oxygen atoms in total. The van der Waals surface area contributed by atoms with Crippen molar-refractivity contribution in [2.24, 2.45) is 5.73 Å². The summed E-state index contributed by atoms with van der Waals surface area (Å²) in [6, 6.07) is 6.96. The average Bonchev–Trinajstić information content (AvgIpc) is 3.39. The zero-order valence-electron chi connectivity index (χ0n) is 18.3. The van der Waals surface area contributed by atoms with Gasteiger partial charge in [0.2, 0.25) is 0 Å². The Kier molecular flexibility index (Phi) is 5.61. The molecule has 2 N–H and O–H groups in total. The zero-order chi connectivity index (χ0) is 24.0. The molecule has 1 fully saturated rings. The topological polar surface area (TPSA) is 81.6 Å². The number of pyridine rings is 2. The third kappa shape index (κ3) is 4.05. The van der Waals surface area contributed by atoms with Crippen molar-refractivity contribution in [1.29, 1.82) is 0 Å². The molecule has 178 valence electrons. The van der Waals surface area contributed by atoms with Gasteiger partial charge in [0.15, 0.2) is 23.0 Å². The Bertz CT molecular complexity index is 1350. The predicted octanol–water partition coefficient (Wildman–Crippen LogP) is 4.12. The van der Waals surface area contributed by atoms with E-state index in [4.69, 9.17) is 10.5 Å². The van der Waals surface area contributed by atoms with E-state index in [0.717, 1.165) is 0 Å². The molecule has 0 amide bonds. The molecule has 1 aliphatic heterocycles. The Morgan fingerprint density at radius 1 is 1.18 bits per heavy atom. The van der Waals surface area contributed by atoms with Gasteiger partial charge in [0, 0.05) is 36.8 Å². The average molecular weight is 474 g/mol. The lowest BCUT2D eigenvalue weighted by atomic mass is 10.1. The number of rotatable bonds is 5. The van der Waals surface area contributed by atoms with Crippen LogP contribution < -0.4 is 10.5 Å². The van der Waals surface area contributed by atoms with Crippen LogP contribution in [0.5, 0.6) is 5.75 Å². The van der Waals surface area contributed by atoms with Crippen LogP contribution in [0.15, 0.2) is 42.6 Å². The van der Waals surface area contributed by atoms with Gasteiger partial charge in [-0.25, -0.2) is 9.37 Å². The Morgan fingerprint density at radius 2 is 2.00 bits per heavy atom. The van der Waals surface area contributed by atoms with Crippen LogP contribution in [-0.4, -0.2) is 56.4 Å². The highest BCUT2D eigenvalue weighted by atomic mass is 19.4. The SMILES string of the molecule is CCOc1cc2nc(-c3nnc4ccc([C@H](N5CC[C@@H](N)C5)C(F)(F)F)cn34)ccc2cc1F. The number of ether oxygens (including phenoxy) is 1. The number of likely N-dealkylation sites (tertiary alicyclic amines) is 1. The van der Waals surface area contributed by atoms with E-state index >= 15 is 0 Å². The summed E-state index contributed by atoms with van der Waals surface area (Å²) in [4.78, 5) is 5.90. The molecule has 0 bridgehead atoms. The monoisotopic (exact) mass is 474 g/mol. The van der Waals surface area contributed by atoms with Gasteiger partial charge in [0.25, 0.3) is 0 Å². The van der Waals surface area contributed by atoms with Gasteiger partial charge >= 0.3 is 6.18 Å². The third-order valence-electron chi connectivity index (χ3n) is 5.94. The van der Waals surface area contributed by atoms with Gasteiger partial charge in [-0.15, -0.1) is 10.2 Å². The Hall–Kier alpha value is -3.31. The highest BCUT2D eigenvalue weighted by molar-refractivity contribution is 5.82. The molecule has 1 aromatic carbocycles.